The van der Waals surface area contributed by atoms with Gasteiger partial charge in [0.15, 0.2) is 0 Å². The molecule has 4 amide bonds. The van der Waals surface area contributed by atoms with Crippen LogP contribution in [-0.2, 0) is 4.79 Å². The van der Waals surface area contributed by atoms with Crippen molar-refractivity contribution in [1.82, 2.24) is 24.9 Å². The summed E-state index contributed by atoms with van der Waals surface area (Å²) in [5.41, 5.74) is 0.960. The van der Waals surface area contributed by atoms with E-state index in [1.54, 1.807) is 4.90 Å². The monoisotopic (exact) mass is 415 g/mol. The highest BCUT2D eigenvalue weighted by molar-refractivity contribution is 7.20. The highest BCUT2D eigenvalue weighted by Crippen LogP contribution is 2.35. The number of hydrogen-bond acceptors (Lipinski definition) is 5. The Morgan fingerprint density at radius 2 is 2.00 bits per heavy atom. The first-order valence-corrected chi connectivity index (χ1v) is 11.1. The maximum atomic E-state index is 12.9. The highest BCUT2D eigenvalue weighted by Gasteiger charge is 2.49. The zero-order chi connectivity index (χ0) is 20.3. The SMILES string of the molecule is Cc1nn(C2CCCCC2)c2sc(C(=O)NC3C[C@H]4C(=O)N(C)C(=O)N4C3)cc12. The molecule has 0 spiro atoms. The molecule has 154 valence electrons. The summed E-state index contributed by atoms with van der Waals surface area (Å²) in [6.45, 7) is 2.38. The molecule has 1 unspecified atom stereocenters. The molecule has 9 heteroatoms. The van der Waals surface area contributed by atoms with E-state index in [2.05, 4.69) is 10.00 Å². The van der Waals surface area contributed by atoms with E-state index in [0.717, 1.165) is 33.7 Å². The van der Waals surface area contributed by atoms with Gasteiger partial charge < -0.3 is 10.2 Å². The zero-order valence-electron chi connectivity index (χ0n) is 16.7. The second-order valence-corrected chi connectivity index (χ2v) is 9.44. The van der Waals surface area contributed by atoms with Crippen LogP contribution in [0.3, 0.4) is 0 Å². The topological polar surface area (TPSA) is 87.5 Å². The molecule has 4 heterocycles. The lowest BCUT2D eigenvalue weighted by molar-refractivity contribution is -0.127. The number of carbonyl (C=O) groups is 3. The normalized spacial score (nSPS) is 25.3. The molecule has 1 saturated carbocycles. The molecule has 2 aromatic heterocycles. The van der Waals surface area contributed by atoms with E-state index in [0.29, 0.717) is 23.9 Å². The highest BCUT2D eigenvalue weighted by atomic mass is 32.1. The van der Waals surface area contributed by atoms with E-state index in [1.807, 2.05) is 13.0 Å². The van der Waals surface area contributed by atoms with Crippen molar-refractivity contribution in [2.45, 2.75) is 63.6 Å². The third-order valence-corrected chi connectivity index (χ3v) is 7.62. The van der Waals surface area contributed by atoms with E-state index in [-0.39, 0.29) is 23.9 Å². The second kappa shape index (κ2) is 6.83. The summed E-state index contributed by atoms with van der Waals surface area (Å²) < 4.78 is 2.13. The van der Waals surface area contributed by atoms with Gasteiger partial charge >= 0.3 is 6.03 Å². The molecule has 2 aliphatic heterocycles. The van der Waals surface area contributed by atoms with Crippen molar-refractivity contribution >= 4 is 39.4 Å². The molecule has 0 bridgehead atoms. The fourth-order valence-corrected chi connectivity index (χ4v) is 6.05. The first-order chi connectivity index (χ1) is 13.9. The molecule has 29 heavy (non-hydrogen) atoms. The number of aromatic nitrogens is 2. The summed E-state index contributed by atoms with van der Waals surface area (Å²) in [5, 5.41) is 8.82. The van der Waals surface area contributed by atoms with Gasteiger partial charge in [-0.1, -0.05) is 19.3 Å². The van der Waals surface area contributed by atoms with Gasteiger partial charge in [-0.15, -0.1) is 11.3 Å². The van der Waals surface area contributed by atoms with Crippen LogP contribution in [0.5, 0.6) is 0 Å². The summed E-state index contributed by atoms with van der Waals surface area (Å²) in [5.74, 6) is -0.322. The zero-order valence-corrected chi connectivity index (χ0v) is 17.5. The van der Waals surface area contributed by atoms with Gasteiger partial charge in [-0.2, -0.15) is 5.10 Å². The van der Waals surface area contributed by atoms with Crippen LogP contribution >= 0.6 is 11.3 Å². The molecule has 1 N–H and O–H groups in total. The molecular formula is C20H25N5O3S. The van der Waals surface area contributed by atoms with Gasteiger partial charge in [0.2, 0.25) is 0 Å². The Morgan fingerprint density at radius 3 is 2.72 bits per heavy atom. The number of amides is 4. The Kier molecular flexibility index (Phi) is 4.38. The molecule has 0 aromatic carbocycles. The average Bonchev–Trinajstić information content (AvgIpc) is 3.45. The number of imide groups is 1. The molecule has 3 aliphatic rings. The molecule has 1 aliphatic carbocycles. The lowest BCUT2D eigenvalue weighted by Crippen LogP contribution is -2.39. The number of carbonyl (C=O) groups excluding carboxylic acids is 3. The molecule has 2 saturated heterocycles. The van der Waals surface area contributed by atoms with Gasteiger partial charge in [-0.25, -0.2) is 4.79 Å². The predicted octanol–water partition coefficient (Wildman–Crippen LogP) is 2.68. The minimum Gasteiger partial charge on any atom is -0.347 e. The number of fused-ring (bicyclic) bond motifs is 2. The molecule has 5 rings (SSSR count). The second-order valence-electron chi connectivity index (χ2n) is 8.41. The molecule has 8 nitrogen and oxygen atoms in total. The quantitative estimate of drug-likeness (QED) is 0.781. The number of aryl methyl sites for hydroxylation is 1. The molecule has 2 atom stereocenters. The summed E-state index contributed by atoms with van der Waals surface area (Å²) in [6, 6.07) is 1.43. The van der Waals surface area contributed by atoms with Gasteiger partial charge in [-0.3, -0.25) is 19.2 Å². The average molecular weight is 416 g/mol. The number of nitrogens with zero attached hydrogens (tertiary/aromatic N) is 4. The van der Waals surface area contributed by atoms with Crippen LogP contribution in [0.1, 0.15) is 59.9 Å². The van der Waals surface area contributed by atoms with Crippen molar-refractivity contribution in [3.05, 3.63) is 16.6 Å². The first kappa shape index (κ1) is 18.6. The van der Waals surface area contributed by atoms with Crippen LogP contribution in [-0.4, -0.2) is 63.1 Å². The number of nitrogens with one attached hydrogen (secondary N) is 1. The van der Waals surface area contributed by atoms with Crippen LogP contribution in [0.15, 0.2) is 6.07 Å². The number of urea groups is 1. The smallest absolute Gasteiger partial charge is 0.327 e. The molecule has 0 radical (unpaired) electrons. The Labute approximate surface area is 172 Å². The van der Waals surface area contributed by atoms with Crippen LogP contribution in [0.4, 0.5) is 4.79 Å². The van der Waals surface area contributed by atoms with Gasteiger partial charge in [-0.05, 0) is 32.3 Å². The Morgan fingerprint density at radius 1 is 1.24 bits per heavy atom. The predicted molar refractivity (Wildman–Crippen MR) is 109 cm³/mol. The fraction of sp³-hybridized carbons (Fsp3) is 0.600. The van der Waals surface area contributed by atoms with E-state index in [1.165, 1.54) is 37.6 Å². The van der Waals surface area contributed by atoms with Gasteiger partial charge in [0.05, 0.1) is 16.6 Å². The standard InChI is InChI=1S/C20H25N5O3S/c1-11-14-9-16(29-19(14)25(22-11)13-6-4-3-5-7-13)17(26)21-12-8-15-18(27)23(2)20(28)24(15)10-12/h9,12-13,15H,3-8,10H2,1-2H3,(H,21,26)/t12?,15-/m0/s1. The first-order valence-electron chi connectivity index (χ1n) is 10.3. The minimum absolute atomic E-state index is 0.139. The van der Waals surface area contributed by atoms with Crippen molar-refractivity contribution in [1.29, 1.82) is 0 Å². The Bertz CT molecular complexity index is 981. The van der Waals surface area contributed by atoms with Crippen molar-refractivity contribution in [3.8, 4) is 0 Å². The fourth-order valence-electron chi connectivity index (χ4n) is 4.91. The van der Waals surface area contributed by atoms with Crippen LogP contribution in [0.2, 0.25) is 0 Å². The van der Waals surface area contributed by atoms with E-state index < -0.39 is 6.04 Å². The number of thiophene rings is 1. The maximum Gasteiger partial charge on any atom is 0.327 e. The summed E-state index contributed by atoms with van der Waals surface area (Å²) >= 11 is 1.49. The summed E-state index contributed by atoms with van der Waals surface area (Å²) in [4.78, 5) is 41.6. The van der Waals surface area contributed by atoms with E-state index in [4.69, 9.17) is 5.10 Å². The molecule has 2 aromatic rings. The summed E-state index contributed by atoms with van der Waals surface area (Å²) in [7, 11) is 1.51. The van der Waals surface area contributed by atoms with Crippen molar-refractivity contribution in [2.75, 3.05) is 13.6 Å². The minimum atomic E-state index is -0.442. The number of hydrogen-bond donors (Lipinski definition) is 1. The van der Waals surface area contributed by atoms with Crippen molar-refractivity contribution in [2.24, 2.45) is 0 Å². The third-order valence-electron chi connectivity index (χ3n) is 6.50. The lowest BCUT2D eigenvalue weighted by atomic mass is 9.96. The lowest BCUT2D eigenvalue weighted by Gasteiger charge is -2.22. The summed E-state index contributed by atoms with van der Waals surface area (Å²) in [6.07, 6.45) is 6.51. The van der Waals surface area contributed by atoms with Crippen molar-refractivity contribution in [3.63, 3.8) is 0 Å². The van der Waals surface area contributed by atoms with Crippen LogP contribution in [0, 0.1) is 6.92 Å². The van der Waals surface area contributed by atoms with Gasteiger partial charge in [0.25, 0.3) is 11.8 Å². The Hall–Kier alpha value is -2.42. The van der Waals surface area contributed by atoms with Crippen LogP contribution < -0.4 is 5.32 Å². The van der Waals surface area contributed by atoms with Crippen LogP contribution in [0.25, 0.3) is 10.2 Å². The number of rotatable bonds is 3. The maximum absolute atomic E-state index is 12.9. The van der Waals surface area contributed by atoms with Gasteiger partial charge in [0, 0.05) is 25.0 Å². The largest absolute Gasteiger partial charge is 0.347 e. The molecule has 3 fully saturated rings. The van der Waals surface area contributed by atoms with E-state index in [9.17, 15) is 14.4 Å². The number of likely N-dealkylation sites (N-methyl/N-ethyl adjacent to an activating group) is 1. The van der Waals surface area contributed by atoms with Crippen molar-refractivity contribution < 1.29 is 14.4 Å². The Balaban J connectivity index is 1.33. The third kappa shape index (κ3) is 2.94. The van der Waals surface area contributed by atoms with Gasteiger partial charge in [0.1, 0.15) is 10.9 Å². The molecular weight excluding hydrogens is 390 g/mol. The van der Waals surface area contributed by atoms with E-state index >= 15 is 0 Å².